The van der Waals surface area contributed by atoms with E-state index in [1.165, 1.54) is 6.07 Å². The van der Waals surface area contributed by atoms with E-state index in [0.29, 0.717) is 33.5 Å². The highest BCUT2D eigenvalue weighted by Crippen LogP contribution is 2.38. The van der Waals surface area contributed by atoms with Crippen molar-refractivity contribution in [2.45, 2.75) is 25.8 Å². The number of imidazole rings is 1. The number of rotatable bonds is 4. The lowest BCUT2D eigenvalue weighted by Gasteiger charge is -2.26. The molecule has 2 aromatic carbocycles. The van der Waals surface area contributed by atoms with Crippen molar-refractivity contribution in [3.63, 3.8) is 0 Å². The molecule has 1 saturated heterocycles. The zero-order chi connectivity index (χ0) is 23.9. The normalized spacial score (nSPS) is 14.6. The Morgan fingerprint density at radius 3 is 2.60 bits per heavy atom. The molecule has 9 heteroatoms. The van der Waals surface area contributed by atoms with Crippen molar-refractivity contribution in [2.24, 2.45) is 0 Å². The molecule has 6 rings (SSSR count). The summed E-state index contributed by atoms with van der Waals surface area (Å²) < 4.78 is 23.3. The Morgan fingerprint density at radius 2 is 1.83 bits per heavy atom. The molecule has 0 unspecified atom stereocenters. The Kier molecular flexibility index (Phi) is 5.54. The first kappa shape index (κ1) is 21.9. The van der Waals surface area contributed by atoms with Crippen molar-refractivity contribution in [1.82, 2.24) is 29.8 Å². The van der Waals surface area contributed by atoms with Gasteiger partial charge in [-0.25, -0.2) is 19.3 Å². The van der Waals surface area contributed by atoms with Gasteiger partial charge in [-0.3, -0.25) is 4.98 Å². The van der Waals surface area contributed by atoms with Gasteiger partial charge in [-0.2, -0.15) is 0 Å². The van der Waals surface area contributed by atoms with Crippen LogP contribution in [0.5, 0.6) is 11.8 Å². The molecule has 0 radical (unpaired) electrons. The predicted molar refractivity (Wildman–Crippen MR) is 133 cm³/mol. The Hall–Kier alpha value is -3.62. The summed E-state index contributed by atoms with van der Waals surface area (Å²) in [6.07, 6.45) is 6.94. The van der Waals surface area contributed by atoms with Crippen LogP contribution in [-0.2, 0) is 0 Å². The maximum absolute atomic E-state index is 15.3. The molecule has 0 aliphatic carbocycles. The third-order valence-corrected chi connectivity index (χ3v) is 6.75. The lowest BCUT2D eigenvalue weighted by atomic mass is 10.0. The van der Waals surface area contributed by atoms with E-state index in [2.05, 4.69) is 24.8 Å². The average molecular weight is 489 g/mol. The van der Waals surface area contributed by atoms with E-state index in [1.54, 1.807) is 42.9 Å². The fourth-order valence-electron chi connectivity index (χ4n) is 4.85. The lowest BCUT2D eigenvalue weighted by molar-refractivity contribution is 0.370. The second-order valence-electron chi connectivity index (χ2n) is 8.63. The number of hydrogen-bond acceptors (Lipinski definition) is 6. The van der Waals surface area contributed by atoms with Gasteiger partial charge in [0.15, 0.2) is 0 Å². The van der Waals surface area contributed by atoms with E-state index >= 15 is 4.39 Å². The van der Waals surface area contributed by atoms with Crippen LogP contribution in [0.25, 0.3) is 33.1 Å². The van der Waals surface area contributed by atoms with Crippen molar-refractivity contribution in [1.29, 1.82) is 0 Å². The quantitative estimate of drug-likeness (QED) is 0.341. The summed E-state index contributed by atoms with van der Waals surface area (Å²) in [5, 5.41) is 4.63. The molecule has 0 atom stereocenters. The second kappa shape index (κ2) is 8.87. The first-order valence-corrected chi connectivity index (χ1v) is 11.9. The minimum Gasteiger partial charge on any atom is -0.424 e. The SMILES string of the molecule is Cc1nc2cnc3cc(F)c(-c4ccc(Oc5ncccn5)cc4Cl)cc3c2n1C1CCNCC1. The van der Waals surface area contributed by atoms with Gasteiger partial charge in [0.05, 0.1) is 22.3 Å². The summed E-state index contributed by atoms with van der Waals surface area (Å²) in [7, 11) is 0. The van der Waals surface area contributed by atoms with Gasteiger partial charge >= 0.3 is 6.01 Å². The first-order valence-electron chi connectivity index (χ1n) is 11.5. The zero-order valence-electron chi connectivity index (χ0n) is 19.0. The summed E-state index contributed by atoms with van der Waals surface area (Å²) in [6.45, 7) is 3.94. The zero-order valence-corrected chi connectivity index (χ0v) is 19.8. The average Bonchev–Trinajstić information content (AvgIpc) is 3.21. The predicted octanol–water partition coefficient (Wildman–Crippen LogP) is 5.86. The highest BCUT2D eigenvalue weighted by atomic mass is 35.5. The van der Waals surface area contributed by atoms with Gasteiger partial charge < -0.3 is 14.6 Å². The molecule has 1 aliphatic heterocycles. The number of ether oxygens (including phenoxy) is 1. The molecule has 1 fully saturated rings. The van der Waals surface area contributed by atoms with Crippen molar-refractivity contribution in [3.05, 3.63) is 71.7 Å². The molecule has 5 aromatic rings. The van der Waals surface area contributed by atoms with Crippen molar-refractivity contribution in [3.8, 4) is 22.9 Å². The van der Waals surface area contributed by atoms with Crippen LogP contribution < -0.4 is 10.1 Å². The van der Waals surface area contributed by atoms with Crippen LogP contribution >= 0.6 is 11.6 Å². The fourth-order valence-corrected chi connectivity index (χ4v) is 5.13. The topological polar surface area (TPSA) is 77.8 Å². The number of hydrogen-bond donors (Lipinski definition) is 1. The van der Waals surface area contributed by atoms with Crippen molar-refractivity contribution in [2.75, 3.05) is 13.1 Å². The van der Waals surface area contributed by atoms with E-state index in [9.17, 15) is 0 Å². The molecule has 0 bridgehead atoms. The number of halogens is 2. The number of benzene rings is 2. The third-order valence-electron chi connectivity index (χ3n) is 6.44. The number of aromatic nitrogens is 5. The van der Waals surface area contributed by atoms with E-state index in [-0.39, 0.29) is 6.01 Å². The van der Waals surface area contributed by atoms with E-state index < -0.39 is 5.82 Å². The molecule has 176 valence electrons. The molecule has 0 spiro atoms. The molecule has 35 heavy (non-hydrogen) atoms. The summed E-state index contributed by atoms with van der Waals surface area (Å²) in [5.41, 5.74) is 3.34. The Balaban J connectivity index is 1.47. The van der Waals surface area contributed by atoms with Gasteiger partial charge in [0.25, 0.3) is 0 Å². The van der Waals surface area contributed by atoms with Gasteiger partial charge in [0.1, 0.15) is 22.9 Å². The number of piperidine rings is 1. The number of nitrogens with one attached hydrogen (secondary N) is 1. The van der Waals surface area contributed by atoms with Crippen LogP contribution in [0.3, 0.4) is 0 Å². The minimum absolute atomic E-state index is 0.211. The fraction of sp³-hybridized carbons (Fsp3) is 0.231. The van der Waals surface area contributed by atoms with Gasteiger partial charge in [-0.15, -0.1) is 0 Å². The maximum Gasteiger partial charge on any atom is 0.321 e. The molecule has 1 N–H and O–H groups in total. The maximum atomic E-state index is 15.3. The number of aryl methyl sites for hydroxylation is 1. The van der Waals surface area contributed by atoms with E-state index in [1.807, 2.05) is 13.0 Å². The Morgan fingerprint density at radius 1 is 1.03 bits per heavy atom. The first-order chi connectivity index (χ1) is 17.1. The highest BCUT2D eigenvalue weighted by molar-refractivity contribution is 6.33. The molecule has 1 aliphatic rings. The number of nitrogens with zero attached hydrogens (tertiary/aromatic N) is 5. The number of pyridine rings is 1. The molecular weight excluding hydrogens is 467 g/mol. The van der Waals surface area contributed by atoms with Crippen molar-refractivity contribution >= 4 is 33.5 Å². The monoisotopic (exact) mass is 488 g/mol. The van der Waals surface area contributed by atoms with Crippen LogP contribution in [0.2, 0.25) is 5.02 Å². The van der Waals surface area contributed by atoms with Gasteiger partial charge in [-0.1, -0.05) is 11.6 Å². The van der Waals surface area contributed by atoms with Crippen LogP contribution in [0.15, 0.2) is 55.0 Å². The van der Waals surface area contributed by atoms with Crippen molar-refractivity contribution < 1.29 is 9.13 Å². The largest absolute Gasteiger partial charge is 0.424 e. The lowest BCUT2D eigenvalue weighted by Crippen LogP contribution is -2.29. The van der Waals surface area contributed by atoms with Crippen LogP contribution in [0, 0.1) is 12.7 Å². The van der Waals surface area contributed by atoms with E-state index in [0.717, 1.165) is 48.2 Å². The smallest absolute Gasteiger partial charge is 0.321 e. The standard InChI is InChI=1S/C26H22ClFN6O/c1-15-33-24-14-32-23-13-22(28)19(12-20(23)25(24)34(15)16-5-9-29-10-6-16)18-4-3-17(11-21(18)27)35-26-30-7-2-8-31-26/h2-4,7-8,11-14,16,29H,5-6,9-10H2,1H3. The summed E-state index contributed by atoms with van der Waals surface area (Å²) >= 11 is 6.60. The van der Waals surface area contributed by atoms with E-state index in [4.69, 9.17) is 21.3 Å². The Labute approximate surface area is 206 Å². The van der Waals surface area contributed by atoms with Gasteiger partial charge in [0.2, 0.25) is 0 Å². The van der Waals surface area contributed by atoms with Gasteiger partial charge in [-0.05, 0) is 57.1 Å². The molecule has 0 saturated carbocycles. The molecule has 4 heterocycles. The third kappa shape index (κ3) is 3.98. The van der Waals surface area contributed by atoms with Gasteiger partial charge in [0, 0.05) is 47.1 Å². The van der Waals surface area contributed by atoms with Crippen LogP contribution in [-0.4, -0.2) is 37.6 Å². The van der Waals surface area contributed by atoms with Crippen LogP contribution in [0.4, 0.5) is 4.39 Å². The van der Waals surface area contributed by atoms with Crippen LogP contribution in [0.1, 0.15) is 24.7 Å². The molecule has 7 nitrogen and oxygen atoms in total. The molecule has 0 amide bonds. The second-order valence-corrected chi connectivity index (χ2v) is 9.03. The summed E-state index contributed by atoms with van der Waals surface area (Å²) in [4.78, 5) is 17.4. The summed E-state index contributed by atoms with van der Waals surface area (Å²) in [6, 6.07) is 10.7. The minimum atomic E-state index is -0.393. The number of fused-ring (bicyclic) bond motifs is 3. The Bertz CT molecular complexity index is 1550. The highest BCUT2D eigenvalue weighted by Gasteiger charge is 2.22. The molecular formula is C26H22ClFN6O. The molecule has 3 aromatic heterocycles. The summed E-state index contributed by atoms with van der Waals surface area (Å²) in [5.74, 6) is 1.01.